The third kappa shape index (κ3) is 5.21. The summed E-state index contributed by atoms with van der Waals surface area (Å²) in [5.74, 6) is 0.496. The van der Waals surface area contributed by atoms with Crippen LogP contribution in [0.25, 0.3) is 0 Å². The first-order valence-electron chi connectivity index (χ1n) is 6.19. The molecule has 94 valence electrons. The van der Waals surface area contributed by atoms with Gasteiger partial charge in [0, 0.05) is 6.04 Å². The Morgan fingerprint density at radius 2 is 2.25 bits per heavy atom. The molecule has 0 aromatic heterocycles. The first-order valence-corrected chi connectivity index (χ1v) is 7.58. The predicted octanol–water partition coefficient (Wildman–Crippen LogP) is 2.36. The summed E-state index contributed by atoms with van der Waals surface area (Å²) in [5, 5.41) is 12.5. The van der Waals surface area contributed by atoms with Crippen LogP contribution in [0.2, 0.25) is 0 Å². The predicted molar refractivity (Wildman–Crippen MR) is 69.0 cm³/mol. The van der Waals surface area contributed by atoms with E-state index in [0.717, 1.165) is 32.2 Å². The van der Waals surface area contributed by atoms with Gasteiger partial charge in [-0.05, 0) is 50.7 Å². The number of rotatable bonds is 7. The monoisotopic (exact) mass is 245 g/mol. The van der Waals surface area contributed by atoms with Crippen molar-refractivity contribution in [2.75, 3.05) is 18.6 Å². The van der Waals surface area contributed by atoms with Crippen molar-refractivity contribution in [3.05, 3.63) is 0 Å². The van der Waals surface area contributed by atoms with Crippen LogP contribution in [0.15, 0.2) is 0 Å². The van der Waals surface area contributed by atoms with Crippen molar-refractivity contribution in [1.29, 1.82) is 0 Å². The molecule has 4 heteroatoms. The lowest BCUT2D eigenvalue weighted by molar-refractivity contribution is -0.143. The Labute approximate surface area is 102 Å². The number of hydrogen-bond donors (Lipinski definition) is 2. The fraction of sp³-hybridized carbons (Fsp3) is 0.917. The molecule has 0 bridgehead atoms. The molecule has 0 aromatic carbocycles. The second-order valence-corrected chi connectivity index (χ2v) is 5.54. The molecule has 0 spiro atoms. The normalized spacial score (nSPS) is 25.6. The zero-order chi connectivity index (χ0) is 11.8. The minimum Gasteiger partial charge on any atom is -0.481 e. The van der Waals surface area contributed by atoms with E-state index in [2.05, 4.69) is 11.6 Å². The molecule has 1 aliphatic carbocycles. The van der Waals surface area contributed by atoms with E-state index in [-0.39, 0.29) is 5.92 Å². The molecule has 1 saturated carbocycles. The number of aliphatic carboxylic acids is 1. The minimum absolute atomic E-state index is 0.113. The van der Waals surface area contributed by atoms with E-state index in [1.807, 2.05) is 11.8 Å². The summed E-state index contributed by atoms with van der Waals surface area (Å²) in [6.45, 7) is 1.04. The molecule has 1 aliphatic rings. The van der Waals surface area contributed by atoms with Crippen LogP contribution in [0.4, 0.5) is 0 Å². The van der Waals surface area contributed by atoms with Crippen LogP contribution in [0.5, 0.6) is 0 Å². The lowest BCUT2D eigenvalue weighted by atomic mass is 9.86. The van der Waals surface area contributed by atoms with Gasteiger partial charge in [0.15, 0.2) is 0 Å². The average Bonchev–Trinajstić information content (AvgIpc) is 2.29. The van der Waals surface area contributed by atoms with Gasteiger partial charge in [-0.1, -0.05) is 6.42 Å². The molecule has 16 heavy (non-hydrogen) atoms. The fourth-order valence-electron chi connectivity index (χ4n) is 2.28. The quantitative estimate of drug-likeness (QED) is 0.676. The smallest absolute Gasteiger partial charge is 0.306 e. The van der Waals surface area contributed by atoms with Crippen molar-refractivity contribution < 1.29 is 9.90 Å². The van der Waals surface area contributed by atoms with E-state index in [9.17, 15) is 4.79 Å². The number of thioether (sulfide) groups is 1. The number of hydrogen-bond acceptors (Lipinski definition) is 3. The van der Waals surface area contributed by atoms with Crippen LogP contribution in [-0.2, 0) is 4.79 Å². The standard InChI is InChI=1S/C12H23NO2S/c1-16-8-3-2-7-13-11-6-4-5-10(9-11)12(14)15/h10-11,13H,2-9H2,1H3,(H,14,15). The van der Waals surface area contributed by atoms with E-state index in [1.165, 1.54) is 18.6 Å². The van der Waals surface area contributed by atoms with Crippen molar-refractivity contribution in [2.45, 2.75) is 44.6 Å². The number of carboxylic acid groups (broad SMARTS) is 1. The number of unbranched alkanes of at least 4 members (excludes halogenated alkanes) is 1. The third-order valence-electron chi connectivity index (χ3n) is 3.23. The third-order valence-corrected chi connectivity index (χ3v) is 3.93. The van der Waals surface area contributed by atoms with Crippen LogP contribution in [0.3, 0.4) is 0 Å². The van der Waals surface area contributed by atoms with Gasteiger partial charge in [-0.3, -0.25) is 4.79 Å². The maximum absolute atomic E-state index is 10.9. The Morgan fingerprint density at radius 3 is 2.94 bits per heavy atom. The zero-order valence-electron chi connectivity index (χ0n) is 10.1. The van der Waals surface area contributed by atoms with Gasteiger partial charge in [0.05, 0.1) is 5.92 Å². The van der Waals surface area contributed by atoms with Gasteiger partial charge in [-0.25, -0.2) is 0 Å². The maximum atomic E-state index is 10.9. The Kier molecular flexibility index (Phi) is 6.88. The molecule has 0 radical (unpaired) electrons. The van der Waals surface area contributed by atoms with E-state index >= 15 is 0 Å². The van der Waals surface area contributed by atoms with Crippen molar-refractivity contribution in [3.8, 4) is 0 Å². The van der Waals surface area contributed by atoms with Crippen molar-refractivity contribution in [2.24, 2.45) is 5.92 Å². The average molecular weight is 245 g/mol. The highest BCUT2D eigenvalue weighted by Gasteiger charge is 2.26. The molecule has 2 unspecified atom stereocenters. The van der Waals surface area contributed by atoms with Crippen molar-refractivity contribution >= 4 is 17.7 Å². The highest BCUT2D eigenvalue weighted by Crippen LogP contribution is 2.24. The van der Waals surface area contributed by atoms with Crippen molar-refractivity contribution in [1.82, 2.24) is 5.32 Å². The summed E-state index contributed by atoms with van der Waals surface area (Å²) in [5.41, 5.74) is 0. The van der Waals surface area contributed by atoms with Crippen LogP contribution in [0.1, 0.15) is 38.5 Å². The van der Waals surface area contributed by atoms with Gasteiger partial charge in [0.25, 0.3) is 0 Å². The Bertz CT molecular complexity index is 211. The van der Waals surface area contributed by atoms with E-state index in [0.29, 0.717) is 6.04 Å². The molecular formula is C12H23NO2S. The van der Waals surface area contributed by atoms with Gasteiger partial charge in [-0.15, -0.1) is 0 Å². The topological polar surface area (TPSA) is 49.3 Å². The molecular weight excluding hydrogens is 222 g/mol. The largest absolute Gasteiger partial charge is 0.481 e. The highest BCUT2D eigenvalue weighted by atomic mass is 32.2. The van der Waals surface area contributed by atoms with Crippen LogP contribution in [0, 0.1) is 5.92 Å². The SMILES string of the molecule is CSCCCCNC1CCCC(C(=O)O)C1. The molecule has 0 amide bonds. The molecule has 3 nitrogen and oxygen atoms in total. The summed E-state index contributed by atoms with van der Waals surface area (Å²) in [6.07, 6.45) is 8.47. The first-order chi connectivity index (χ1) is 7.74. The number of carbonyl (C=O) groups is 1. The maximum Gasteiger partial charge on any atom is 0.306 e. The highest BCUT2D eigenvalue weighted by molar-refractivity contribution is 7.98. The van der Waals surface area contributed by atoms with Gasteiger partial charge in [0.2, 0.25) is 0 Å². The lowest BCUT2D eigenvalue weighted by Crippen LogP contribution is -2.36. The molecule has 2 atom stereocenters. The Morgan fingerprint density at radius 1 is 1.44 bits per heavy atom. The minimum atomic E-state index is -0.617. The summed E-state index contributed by atoms with van der Waals surface area (Å²) in [4.78, 5) is 10.9. The summed E-state index contributed by atoms with van der Waals surface area (Å²) in [6, 6.07) is 0.434. The molecule has 0 aromatic rings. The Hall–Kier alpha value is -0.220. The van der Waals surface area contributed by atoms with Crippen LogP contribution < -0.4 is 5.32 Å². The second kappa shape index (κ2) is 7.96. The van der Waals surface area contributed by atoms with E-state index in [1.54, 1.807) is 0 Å². The van der Waals surface area contributed by atoms with Gasteiger partial charge < -0.3 is 10.4 Å². The molecule has 1 fully saturated rings. The number of carboxylic acids is 1. The second-order valence-electron chi connectivity index (χ2n) is 4.55. The van der Waals surface area contributed by atoms with Gasteiger partial charge >= 0.3 is 5.97 Å². The molecule has 2 N–H and O–H groups in total. The molecule has 1 rings (SSSR count). The number of nitrogens with one attached hydrogen (secondary N) is 1. The lowest BCUT2D eigenvalue weighted by Gasteiger charge is -2.27. The zero-order valence-corrected chi connectivity index (χ0v) is 10.9. The van der Waals surface area contributed by atoms with Crippen LogP contribution >= 0.6 is 11.8 Å². The summed E-state index contributed by atoms with van der Waals surface area (Å²) in [7, 11) is 0. The first kappa shape index (κ1) is 13.8. The summed E-state index contributed by atoms with van der Waals surface area (Å²) < 4.78 is 0. The van der Waals surface area contributed by atoms with Gasteiger partial charge in [-0.2, -0.15) is 11.8 Å². The van der Waals surface area contributed by atoms with Gasteiger partial charge in [0.1, 0.15) is 0 Å². The molecule has 0 heterocycles. The molecule has 0 saturated heterocycles. The molecule has 0 aliphatic heterocycles. The van der Waals surface area contributed by atoms with Crippen LogP contribution in [-0.4, -0.2) is 35.7 Å². The van der Waals surface area contributed by atoms with Crippen molar-refractivity contribution in [3.63, 3.8) is 0 Å². The summed E-state index contributed by atoms with van der Waals surface area (Å²) >= 11 is 1.89. The van der Waals surface area contributed by atoms with E-state index in [4.69, 9.17) is 5.11 Å². The fourth-order valence-corrected chi connectivity index (χ4v) is 2.77. The van der Waals surface area contributed by atoms with E-state index < -0.39 is 5.97 Å². The Balaban J connectivity index is 2.10.